The van der Waals surface area contributed by atoms with Gasteiger partial charge in [0.25, 0.3) is 0 Å². The number of halogens is 1. The van der Waals surface area contributed by atoms with Crippen molar-refractivity contribution in [1.82, 2.24) is 9.97 Å². The van der Waals surface area contributed by atoms with E-state index >= 15 is 0 Å². The van der Waals surface area contributed by atoms with Crippen LogP contribution in [0, 0.1) is 11.8 Å². The minimum absolute atomic E-state index is 0.0615. The molecule has 9 nitrogen and oxygen atoms in total. The fourth-order valence-electron chi connectivity index (χ4n) is 5.88. The molecule has 2 aliphatic heterocycles. The zero-order valence-corrected chi connectivity index (χ0v) is 21.1. The summed E-state index contributed by atoms with van der Waals surface area (Å²) in [5.74, 6) is 0.766. The number of nitrogens with one attached hydrogen (secondary N) is 1. The van der Waals surface area contributed by atoms with Gasteiger partial charge in [-0.05, 0) is 65.6 Å². The Bertz CT molecular complexity index is 1660. The molecule has 1 aliphatic carbocycles. The summed E-state index contributed by atoms with van der Waals surface area (Å²) in [6.07, 6.45) is 0.733. The van der Waals surface area contributed by atoms with Gasteiger partial charge in [0.1, 0.15) is 17.1 Å². The van der Waals surface area contributed by atoms with Gasteiger partial charge in [0.15, 0.2) is 11.5 Å². The van der Waals surface area contributed by atoms with Crippen LogP contribution in [-0.2, 0) is 20.7 Å². The molecule has 0 radical (unpaired) electrons. The Morgan fingerprint density at radius 3 is 2.71 bits per heavy atom. The van der Waals surface area contributed by atoms with Crippen LogP contribution < -0.4 is 19.5 Å². The number of methoxy groups -OCH3 is 1. The maximum Gasteiger partial charge on any atom is 0.310 e. The molecule has 38 heavy (non-hydrogen) atoms. The Labute approximate surface area is 222 Å². The average molecular weight is 532 g/mol. The molecule has 7 rings (SSSR count). The van der Waals surface area contributed by atoms with Gasteiger partial charge in [-0.3, -0.25) is 9.59 Å². The molecule has 10 heteroatoms. The number of nitrogens with zero attached hydrogens (tertiary/aromatic N) is 2. The highest BCUT2D eigenvalue weighted by molar-refractivity contribution is 6.29. The van der Waals surface area contributed by atoms with Crippen molar-refractivity contribution < 1.29 is 28.5 Å². The van der Waals surface area contributed by atoms with Crippen molar-refractivity contribution in [2.24, 2.45) is 11.8 Å². The number of cyclic esters (lactones) is 1. The summed E-state index contributed by atoms with van der Waals surface area (Å²) in [5.41, 5.74) is 6.09. The highest BCUT2D eigenvalue weighted by atomic mass is 35.5. The summed E-state index contributed by atoms with van der Waals surface area (Å²) in [6, 6.07) is 13.2. The van der Waals surface area contributed by atoms with Crippen molar-refractivity contribution >= 4 is 51.2 Å². The Morgan fingerprint density at radius 2 is 1.89 bits per heavy atom. The van der Waals surface area contributed by atoms with Gasteiger partial charge in [0.2, 0.25) is 12.7 Å². The van der Waals surface area contributed by atoms with E-state index in [-0.39, 0.29) is 42.3 Å². The quantitative estimate of drug-likeness (QED) is 0.237. The topological polar surface area (TPSA) is 109 Å². The highest BCUT2D eigenvalue weighted by Gasteiger charge is 2.48. The predicted octanol–water partition coefficient (Wildman–Crippen LogP) is 4.17. The monoisotopic (exact) mass is 531 g/mol. The van der Waals surface area contributed by atoms with Crippen LogP contribution in [0.2, 0.25) is 0 Å². The summed E-state index contributed by atoms with van der Waals surface area (Å²) < 4.78 is 22.6. The highest BCUT2D eigenvalue weighted by Crippen LogP contribution is 2.51. The van der Waals surface area contributed by atoms with Crippen molar-refractivity contribution in [3.63, 3.8) is 0 Å². The number of hydrogen-bond acceptors (Lipinski definition) is 8. The van der Waals surface area contributed by atoms with Crippen molar-refractivity contribution in [3.05, 3.63) is 59.2 Å². The number of ether oxygens (including phenoxy) is 4. The first-order valence-electron chi connectivity index (χ1n) is 12.3. The molecule has 1 aromatic heterocycles. The molecule has 3 aliphatic rings. The number of aromatic nitrogens is 2. The number of rotatable bonds is 4. The molecule has 0 unspecified atom stereocenters. The second kappa shape index (κ2) is 8.73. The zero-order valence-electron chi connectivity index (χ0n) is 20.3. The molecule has 1 amide bonds. The largest absolute Gasteiger partial charge is 0.494 e. The third-order valence-electron chi connectivity index (χ3n) is 7.54. The minimum Gasteiger partial charge on any atom is -0.494 e. The van der Waals surface area contributed by atoms with Crippen LogP contribution in [0.25, 0.3) is 22.1 Å². The van der Waals surface area contributed by atoms with E-state index in [4.69, 9.17) is 40.5 Å². The van der Waals surface area contributed by atoms with E-state index in [0.717, 1.165) is 28.9 Å². The molecule has 3 atom stereocenters. The number of fused-ring (bicyclic) bond motifs is 5. The van der Waals surface area contributed by atoms with Gasteiger partial charge in [-0.1, -0.05) is 0 Å². The molecule has 4 aromatic rings. The lowest BCUT2D eigenvalue weighted by atomic mass is 9.67. The second-order valence-electron chi connectivity index (χ2n) is 9.70. The summed E-state index contributed by atoms with van der Waals surface area (Å²) in [6.45, 7) is 0.577. The first-order valence-corrected chi connectivity index (χ1v) is 12.8. The summed E-state index contributed by atoms with van der Waals surface area (Å²) in [7, 11) is 1.58. The summed E-state index contributed by atoms with van der Waals surface area (Å²) in [5, 5.41) is 2.73. The first-order chi connectivity index (χ1) is 18.5. The molecule has 3 heterocycles. The lowest BCUT2D eigenvalue weighted by molar-refractivity contribution is -0.141. The standard InChI is InChI=1S/C28H22ClN3O6/c1-35-23-7-14(5-20-27(23)32-19-8-16(30-24(33)10-29)2-3-18(19)31-20)25-17-9-22-21(37-12-38-22)6-13(17)4-15-11-36-28(34)26(15)25/h2-3,5-9,15,25-26H,4,10-12H2,1H3,(H,30,33)/t15-,25+,26-/m0/s1. The molecule has 1 N–H and O–H groups in total. The number of amides is 1. The van der Waals surface area contributed by atoms with Crippen molar-refractivity contribution in [2.75, 3.05) is 31.7 Å². The van der Waals surface area contributed by atoms with Gasteiger partial charge in [-0.15, -0.1) is 11.6 Å². The van der Waals surface area contributed by atoms with Gasteiger partial charge in [0, 0.05) is 17.5 Å². The molecule has 0 bridgehead atoms. The van der Waals surface area contributed by atoms with E-state index in [0.29, 0.717) is 45.9 Å². The maximum absolute atomic E-state index is 13.0. The normalized spacial score (nSPS) is 21.2. The molecule has 0 saturated carbocycles. The minimum atomic E-state index is -0.327. The number of esters is 1. The van der Waals surface area contributed by atoms with E-state index in [1.165, 1.54) is 0 Å². The fraction of sp³-hybridized carbons (Fsp3) is 0.286. The van der Waals surface area contributed by atoms with Crippen molar-refractivity contribution in [2.45, 2.75) is 12.3 Å². The SMILES string of the molecule is COc1cc([C@@H]2c3cc4c(cc3C[C@H]3COC(=O)[C@@H]32)OCO4)cc2nc3ccc(NC(=O)CCl)cc3nc12. The Kier molecular flexibility index (Phi) is 5.29. The van der Waals surface area contributed by atoms with Crippen LogP contribution in [0.15, 0.2) is 42.5 Å². The summed E-state index contributed by atoms with van der Waals surface area (Å²) >= 11 is 5.62. The van der Waals surface area contributed by atoms with E-state index in [1.807, 2.05) is 24.3 Å². The Hall–Kier alpha value is -4.11. The van der Waals surface area contributed by atoms with Gasteiger partial charge in [-0.2, -0.15) is 0 Å². The van der Waals surface area contributed by atoms with Gasteiger partial charge < -0.3 is 24.3 Å². The molecule has 192 valence electrons. The number of carbonyl (C=O) groups is 2. The molecular weight excluding hydrogens is 510 g/mol. The van der Waals surface area contributed by atoms with Gasteiger partial charge in [0.05, 0.1) is 36.2 Å². The first kappa shape index (κ1) is 23.0. The van der Waals surface area contributed by atoms with E-state index < -0.39 is 0 Å². The second-order valence-corrected chi connectivity index (χ2v) is 9.97. The van der Waals surface area contributed by atoms with Crippen LogP contribution in [0.3, 0.4) is 0 Å². The Morgan fingerprint density at radius 1 is 1.05 bits per heavy atom. The third-order valence-corrected chi connectivity index (χ3v) is 7.78. The van der Waals surface area contributed by atoms with Crippen molar-refractivity contribution in [3.8, 4) is 17.2 Å². The smallest absolute Gasteiger partial charge is 0.310 e. The number of alkyl halides is 1. The number of benzene rings is 3. The lowest BCUT2D eigenvalue weighted by Crippen LogP contribution is -2.31. The lowest BCUT2D eigenvalue weighted by Gasteiger charge is -2.33. The number of hydrogen-bond donors (Lipinski definition) is 1. The van der Waals surface area contributed by atoms with Gasteiger partial charge in [-0.25, -0.2) is 9.97 Å². The van der Waals surface area contributed by atoms with Crippen LogP contribution >= 0.6 is 11.6 Å². The maximum atomic E-state index is 13.0. The average Bonchev–Trinajstić information content (AvgIpc) is 3.54. The fourth-order valence-corrected chi connectivity index (χ4v) is 5.95. The van der Waals surface area contributed by atoms with Crippen LogP contribution in [0.5, 0.6) is 17.2 Å². The number of carbonyl (C=O) groups excluding carboxylic acids is 2. The van der Waals surface area contributed by atoms with Crippen LogP contribution in [0.4, 0.5) is 5.69 Å². The third kappa shape index (κ3) is 3.60. The van der Waals surface area contributed by atoms with E-state index in [2.05, 4.69) is 5.32 Å². The zero-order chi connectivity index (χ0) is 26.0. The predicted molar refractivity (Wildman–Crippen MR) is 139 cm³/mol. The number of anilines is 1. The molecule has 0 spiro atoms. The molecule has 1 saturated heterocycles. The van der Waals surface area contributed by atoms with Crippen LogP contribution in [-0.4, -0.2) is 48.2 Å². The van der Waals surface area contributed by atoms with Gasteiger partial charge >= 0.3 is 5.97 Å². The molecule has 3 aromatic carbocycles. The van der Waals surface area contributed by atoms with E-state index in [1.54, 1.807) is 25.3 Å². The van der Waals surface area contributed by atoms with E-state index in [9.17, 15) is 9.59 Å². The van der Waals surface area contributed by atoms with Crippen LogP contribution in [0.1, 0.15) is 22.6 Å². The molecular formula is C28H22ClN3O6. The molecule has 1 fully saturated rings. The Balaban J connectivity index is 1.39. The summed E-state index contributed by atoms with van der Waals surface area (Å²) in [4.78, 5) is 34.4. The van der Waals surface area contributed by atoms with Crippen molar-refractivity contribution in [1.29, 1.82) is 0 Å².